The van der Waals surface area contributed by atoms with Crippen molar-refractivity contribution in [2.75, 3.05) is 0 Å². The first-order valence-electron chi connectivity index (χ1n) is 6.76. The molecule has 0 N–H and O–H groups in total. The van der Waals surface area contributed by atoms with Gasteiger partial charge in [0.15, 0.2) is 5.78 Å². The zero-order valence-corrected chi connectivity index (χ0v) is 13.7. The number of ketones is 2. The third-order valence-electron chi connectivity index (χ3n) is 3.04. The monoisotopic (exact) mass is 394 g/mol. The highest BCUT2D eigenvalue weighted by atomic mass is 79.9. The summed E-state index contributed by atoms with van der Waals surface area (Å²) in [5, 5.41) is 0. The number of benzene rings is 2. The zero-order valence-electron chi connectivity index (χ0n) is 12.2. The van der Waals surface area contributed by atoms with Crippen molar-refractivity contribution in [2.24, 2.45) is 0 Å². The maximum absolute atomic E-state index is 12.2. The van der Waals surface area contributed by atoms with E-state index >= 15 is 0 Å². The Morgan fingerprint density at radius 2 is 1.33 bits per heavy atom. The molecule has 0 bridgehead atoms. The van der Waals surface area contributed by atoms with E-state index in [-0.39, 0.29) is 5.56 Å². The van der Waals surface area contributed by atoms with Crippen LogP contribution < -0.4 is 0 Å². The van der Waals surface area contributed by atoms with Crippen LogP contribution in [0.3, 0.4) is 0 Å². The Morgan fingerprint density at radius 1 is 0.875 bits per heavy atom. The molecule has 0 spiro atoms. The standard InChI is InChI=1S/C18H10BrF3O2/c19-15-9-5-13(6-10-15)2-1-12-3-7-14(8-4-12)16(23)11-17(24)18(20,21)22/h3-10H,11H2. The van der Waals surface area contributed by atoms with Gasteiger partial charge in [-0.3, -0.25) is 9.59 Å². The van der Waals surface area contributed by atoms with E-state index in [2.05, 4.69) is 27.8 Å². The number of alkyl halides is 3. The first-order chi connectivity index (χ1) is 11.3. The number of rotatable bonds is 3. The molecule has 0 aliphatic heterocycles. The molecule has 0 saturated carbocycles. The summed E-state index contributed by atoms with van der Waals surface area (Å²) >= 11 is 3.32. The van der Waals surface area contributed by atoms with Crippen LogP contribution in [0.1, 0.15) is 27.9 Å². The van der Waals surface area contributed by atoms with Gasteiger partial charge in [-0.25, -0.2) is 0 Å². The second kappa shape index (κ2) is 7.45. The van der Waals surface area contributed by atoms with Crippen molar-refractivity contribution in [3.05, 3.63) is 69.7 Å². The minimum atomic E-state index is -4.99. The summed E-state index contributed by atoms with van der Waals surface area (Å²) in [6, 6.07) is 13.1. The van der Waals surface area contributed by atoms with Crippen molar-refractivity contribution in [3.63, 3.8) is 0 Å². The second-order valence-electron chi connectivity index (χ2n) is 4.86. The van der Waals surface area contributed by atoms with Crippen molar-refractivity contribution in [1.29, 1.82) is 0 Å². The second-order valence-corrected chi connectivity index (χ2v) is 5.77. The van der Waals surface area contributed by atoms with Crippen LogP contribution in [0, 0.1) is 11.8 Å². The molecular formula is C18H10BrF3O2. The largest absolute Gasteiger partial charge is 0.450 e. The minimum Gasteiger partial charge on any atom is -0.294 e. The molecule has 24 heavy (non-hydrogen) atoms. The van der Waals surface area contributed by atoms with Gasteiger partial charge >= 0.3 is 6.18 Å². The molecule has 0 fully saturated rings. The molecule has 0 radical (unpaired) electrons. The number of hydrogen-bond acceptors (Lipinski definition) is 2. The third-order valence-corrected chi connectivity index (χ3v) is 3.57. The number of Topliss-reactive ketones (excluding diaryl/α,β-unsaturated/α-hetero) is 2. The Labute approximate surface area is 144 Å². The number of hydrogen-bond donors (Lipinski definition) is 0. The van der Waals surface area contributed by atoms with Crippen LogP contribution in [0.2, 0.25) is 0 Å². The predicted molar refractivity (Wildman–Crippen MR) is 86.6 cm³/mol. The highest BCUT2D eigenvalue weighted by Crippen LogP contribution is 2.19. The van der Waals surface area contributed by atoms with E-state index < -0.39 is 24.2 Å². The Kier molecular flexibility index (Phi) is 5.58. The normalized spacial score (nSPS) is 10.7. The van der Waals surface area contributed by atoms with Crippen molar-refractivity contribution in [2.45, 2.75) is 12.6 Å². The van der Waals surface area contributed by atoms with E-state index in [1.807, 2.05) is 24.3 Å². The molecular weight excluding hydrogens is 385 g/mol. The Morgan fingerprint density at radius 3 is 1.79 bits per heavy atom. The quantitative estimate of drug-likeness (QED) is 0.434. The van der Waals surface area contributed by atoms with Gasteiger partial charge in [-0.05, 0) is 36.4 Å². The van der Waals surface area contributed by atoms with Crippen LogP contribution in [-0.2, 0) is 4.79 Å². The average molecular weight is 395 g/mol. The van der Waals surface area contributed by atoms with Gasteiger partial charge in [-0.1, -0.05) is 39.9 Å². The smallest absolute Gasteiger partial charge is 0.294 e. The van der Waals surface area contributed by atoms with E-state index in [9.17, 15) is 22.8 Å². The van der Waals surface area contributed by atoms with Crippen molar-refractivity contribution in [1.82, 2.24) is 0 Å². The highest BCUT2D eigenvalue weighted by Gasteiger charge is 2.39. The Balaban J connectivity index is 2.07. The number of carbonyl (C=O) groups excluding carboxylic acids is 2. The van der Waals surface area contributed by atoms with E-state index in [1.165, 1.54) is 24.3 Å². The zero-order chi connectivity index (χ0) is 17.7. The summed E-state index contributed by atoms with van der Waals surface area (Å²) in [6.45, 7) is 0. The van der Waals surface area contributed by atoms with E-state index in [0.29, 0.717) is 5.56 Å². The van der Waals surface area contributed by atoms with Crippen molar-refractivity contribution in [3.8, 4) is 11.8 Å². The summed E-state index contributed by atoms with van der Waals surface area (Å²) in [5.41, 5.74) is 1.45. The molecule has 2 aromatic carbocycles. The summed E-state index contributed by atoms with van der Waals surface area (Å²) in [7, 11) is 0. The molecule has 0 atom stereocenters. The molecule has 0 saturated heterocycles. The van der Waals surface area contributed by atoms with Crippen molar-refractivity contribution >= 4 is 27.5 Å². The van der Waals surface area contributed by atoms with Gasteiger partial charge in [0.25, 0.3) is 0 Å². The fraction of sp³-hybridized carbons (Fsp3) is 0.111. The van der Waals surface area contributed by atoms with Gasteiger partial charge in [0.2, 0.25) is 5.78 Å². The topological polar surface area (TPSA) is 34.1 Å². The van der Waals surface area contributed by atoms with Gasteiger partial charge in [0.05, 0.1) is 6.42 Å². The molecule has 0 aromatic heterocycles. The molecule has 0 aliphatic carbocycles. The fourth-order valence-electron chi connectivity index (χ4n) is 1.77. The minimum absolute atomic E-state index is 0.0433. The van der Waals surface area contributed by atoms with Crippen molar-refractivity contribution < 1.29 is 22.8 Å². The lowest BCUT2D eigenvalue weighted by Gasteiger charge is -2.04. The van der Waals surface area contributed by atoms with Crippen LogP contribution in [0.4, 0.5) is 13.2 Å². The molecule has 0 unspecified atom stereocenters. The molecule has 0 heterocycles. The van der Waals surface area contributed by atoms with Gasteiger partial charge in [0.1, 0.15) is 0 Å². The summed E-state index contributed by atoms with van der Waals surface area (Å²) < 4.78 is 37.4. The lowest BCUT2D eigenvalue weighted by molar-refractivity contribution is -0.170. The van der Waals surface area contributed by atoms with Crippen LogP contribution in [0.25, 0.3) is 0 Å². The van der Waals surface area contributed by atoms with Gasteiger partial charge in [-0.15, -0.1) is 0 Å². The molecule has 0 amide bonds. The average Bonchev–Trinajstić information content (AvgIpc) is 2.54. The molecule has 122 valence electrons. The maximum Gasteiger partial charge on any atom is 0.450 e. The van der Waals surface area contributed by atoms with Gasteiger partial charge in [-0.2, -0.15) is 13.2 Å². The first kappa shape index (κ1) is 18.0. The SMILES string of the molecule is O=C(CC(=O)C(F)(F)F)c1ccc(C#Cc2ccc(Br)cc2)cc1. The maximum atomic E-state index is 12.2. The van der Waals surface area contributed by atoms with E-state index in [0.717, 1.165) is 10.0 Å². The summed E-state index contributed by atoms with van der Waals surface area (Å²) in [5.74, 6) is 2.90. The molecule has 2 aromatic rings. The van der Waals surface area contributed by atoms with Gasteiger partial charge < -0.3 is 0 Å². The van der Waals surface area contributed by atoms with E-state index in [1.54, 1.807) is 0 Å². The van der Waals surface area contributed by atoms with Gasteiger partial charge in [0, 0.05) is 21.2 Å². The first-order valence-corrected chi connectivity index (χ1v) is 7.56. The fourth-order valence-corrected chi connectivity index (χ4v) is 2.03. The summed E-state index contributed by atoms with van der Waals surface area (Å²) in [4.78, 5) is 22.5. The highest BCUT2D eigenvalue weighted by molar-refractivity contribution is 9.10. The Bertz CT molecular complexity index is 811. The van der Waals surface area contributed by atoms with Crippen LogP contribution in [0.5, 0.6) is 0 Å². The van der Waals surface area contributed by atoms with Crippen LogP contribution in [0.15, 0.2) is 53.0 Å². The molecule has 0 aliphatic rings. The summed E-state index contributed by atoms with van der Waals surface area (Å²) in [6.07, 6.45) is -6.18. The van der Waals surface area contributed by atoms with Crippen LogP contribution in [-0.4, -0.2) is 17.7 Å². The number of carbonyl (C=O) groups is 2. The Hall–Kier alpha value is -2.39. The lowest BCUT2D eigenvalue weighted by atomic mass is 10.0. The van der Waals surface area contributed by atoms with E-state index in [4.69, 9.17) is 0 Å². The predicted octanol–water partition coefficient (Wildman–Crippen LogP) is 4.55. The van der Waals surface area contributed by atoms with Crippen LogP contribution >= 0.6 is 15.9 Å². The molecule has 2 nitrogen and oxygen atoms in total. The third kappa shape index (κ3) is 5.07. The molecule has 6 heteroatoms. The lowest BCUT2D eigenvalue weighted by Crippen LogP contribution is -2.25. The number of halogens is 4. The molecule has 2 rings (SSSR count).